The summed E-state index contributed by atoms with van der Waals surface area (Å²) in [4.78, 5) is 28.3. The minimum atomic E-state index is -0.497. The number of benzene rings is 1. The van der Waals surface area contributed by atoms with Crippen LogP contribution in [0.4, 0.5) is 4.79 Å². The number of aryl methyl sites for hydroxylation is 1. The molecule has 3 amide bonds. The quantitative estimate of drug-likeness (QED) is 0.824. The van der Waals surface area contributed by atoms with Gasteiger partial charge < -0.3 is 5.32 Å². The van der Waals surface area contributed by atoms with Crippen LogP contribution in [0.3, 0.4) is 0 Å². The fraction of sp³-hybridized carbons (Fsp3) is 0.389. The number of hydrogen-bond acceptors (Lipinski definition) is 4. The summed E-state index contributed by atoms with van der Waals surface area (Å²) in [6.07, 6.45) is 4.27. The van der Waals surface area contributed by atoms with Crippen molar-refractivity contribution in [1.82, 2.24) is 20.2 Å². The third-order valence-corrected chi connectivity index (χ3v) is 5.28. The van der Waals surface area contributed by atoms with E-state index < -0.39 is 11.3 Å². The van der Waals surface area contributed by atoms with Crippen molar-refractivity contribution in [2.45, 2.75) is 43.0 Å². The Morgan fingerprint density at radius 3 is 2.64 bits per heavy atom. The minimum Gasteiger partial charge on any atom is -0.341 e. The smallest absolute Gasteiger partial charge is 0.321 e. The third kappa shape index (κ3) is 3.87. The first-order valence-electron chi connectivity index (χ1n) is 8.45. The van der Waals surface area contributed by atoms with E-state index in [4.69, 9.17) is 4.98 Å². The van der Waals surface area contributed by atoms with Crippen molar-refractivity contribution in [3.05, 3.63) is 41.7 Å². The van der Waals surface area contributed by atoms with Crippen molar-refractivity contribution in [3.63, 3.8) is 0 Å². The van der Waals surface area contributed by atoms with Gasteiger partial charge in [-0.05, 0) is 44.7 Å². The van der Waals surface area contributed by atoms with E-state index in [1.807, 2.05) is 18.2 Å². The van der Waals surface area contributed by atoms with Crippen LogP contribution in [0.15, 0.2) is 35.5 Å². The van der Waals surface area contributed by atoms with Gasteiger partial charge in [-0.2, -0.15) is 0 Å². The number of aromatic nitrogens is 2. The molecule has 0 aliphatic heterocycles. The van der Waals surface area contributed by atoms with Gasteiger partial charge in [0.15, 0.2) is 5.16 Å². The predicted molar refractivity (Wildman–Crippen MR) is 98.1 cm³/mol. The summed E-state index contributed by atoms with van der Waals surface area (Å²) in [6, 6.07) is 9.59. The molecule has 1 aliphatic carbocycles. The van der Waals surface area contributed by atoms with Gasteiger partial charge in [0.2, 0.25) is 5.91 Å². The molecule has 0 saturated heterocycles. The molecule has 132 valence electrons. The molecule has 3 rings (SSSR count). The summed E-state index contributed by atoms with van der Waals surface area (Å²) in [5.74, 6) is -0.329. The standard InChI is InChI=1S/C18H22N4O2S/c1-12(16(23)21-17(24)19-2)25-18-20-14-10-6-7-11-15(14)22(18)13-8-4-3-5-9-13/h3-5,8-9,12H,6-7,10-11H2,1-2H3,(H2,19,21,23,24). The molecule has 0 fully saturated rings. The number of hydrogen-bond donors (Lipinski definition) is 2. The number of carbonyl (C=O) groups excluding carboxylic acids is 2. The summed E-state index contributed by atoms with van der Waals surface area (Å²) in [7, 11) is 1.48. The summed E-state index contributed by atoms with van der Waals surface area (Å²) in [5, 5.41) is 5.09. The Kier molecular flexibility index (Phi) is 5.43. The van der Waals surface area contributed by atoms with Crippen LogP contribution in [0, 0.1) is 0 Å². The van der Waals surface area contributed by atoms with Gasteiger partial charge in [-0.1, -0.05) is 30.0 Å². The Hall–Kier alpha value is -2.28. The summed E-state index contributed by atoms with van der Waals surface area (Å²) < 4.78 is 2.16. The maximum Gasteiger partial charge on any atom is 0.321 e. The maximum atomic E-state index is 12.2. The minimum absolute atomic E-state index is 0.329. The van der Waals surface area contributed by atoms with Crippen LogP contribution in [0.1, 0.15) is 31.2 Å². The molecule has 0 bridgehead atoms. The number of nitrogens with zero attached hydrogens (tertiary/aromatic N) is 2. The number of thioether (sulfide) groups is 1. The lowest BCUT2D eigenvalue weighted by molar-refractivity contribution is -0.119. The van der Waals surface area contributed by atoms with E-state index in [1.54, 1.807) is 6.92 Å². The number of amides is 3. The molecule has 1 unspecified atom stereocenters. The van der Waals surface area contributed by atoms with Crippen molar-refractivity contribution in [2.24, 2.45) is 0 Å². The van der Waals surface area contributed by atoms with Gasteiger partial charge in [0.1, 0.15) is 0 Å². The SMILES string of the molecule is CNC(=O)NC(=O)C(C)Sc1nc2c(n1-c1ccccc1)CCCC2. The molecule has 0 spiro atoms. The first-order valence-corrected chi connectivity index (χ1v) is 9.33. The number of rotatable bonds is 4. The number of carbonyl (C=O) groups is 2. The second-order valence-corrected chi connectivity index (χ2v) is 7.30. The second kappa shape index (κ2) is 7.74. The molecule has 0 saturated carbocycles. The molecule has 1 aromatic heterocycles. The van der Waals surface area contributed by atoms with Crippen molar-refractivity contribution in [2.75, 3.05) is 7.05 Å². The van der Waals surface area contributed by atoms with Gasteiger partial charge in [0, 0.05) is 18.4 Å². The molecule has 7 heteroatoms. The fourth-order valence-electron chi connectivity index (χ4n) is 2.93. The highest BCUT2D eigenvalue weighted by molar-refractivity contribution is 8.00. The monoisotopic (exact) mass is 358 g/mol. The van der Waals surface area contributed by atoms with Gasteiger partial charge in [0.05, 0.1) is 10.9 Å². The molecular formula is C18H22N4O2S. The van der Waals surface area contributed by atoms with Gasteiger partial charge in [-0.3, -0.25) is 14.7 Å². The summed E-state index contributed by atoms with van der Waals surface area (Å²) in [5.41, 5.74) is 3.41. The van der Waals surface area contributed by atoms with E-state index in [2.05, 4.69) is 27.3 Å². The molecule has 1 aliphatic rings. The Morgan fingerprint density at radius 1 is 1.20 bits per heavy atom. The number of urea groups is 1. The van der Waals surface area contributed by atoms with Crippen LogP contribution in [0.5, 0.6) is 0 Å². The zero-order chi connectivity index (χ0) is 17.8. The largest absolute Gasteiger partial charge is 0.341 e. The molecule has 1 heterocycles. The molecule has 2 aromatic rings. The molecule has 0 radical (unpaired) electrons. The lowest BCUT2D eigenvalue weighted by Crippen LogP contribution is -2.41. The highest BCUT2D eigenvalue weighted by Gasteiger charge is 2.25. The Labute approximate surface area is 151 Å². The van der Waals surface area contributed by atoms with Crippen molar-refractivity contribution < 1.29 is 9.59 Å². The van der Waals surface area contributed by atoms with Crippen molar-refractivity contribution in [1.29, 1.82) is 0 Å². The van der Waals surface area contributed by atoms with Crippen LogP contribution >= 0.6 is 11.8 Å². The number of nitrogens with one attached hydrogen (secondary N) is 2. The lowest BCUT2D eigenvalue weighted by Gasteiger charge is -2.16. The van der Waals surface area contributed by atoms with E-state index in [0.717, 1.165) is 42.2 Å². The molecule has 1 aromatic carbocycles. The molecular weight excluding hydrogens is 336 g/mol. The van der Waals surface area contributed by atoms with E-state index in [1.165, 1.54) is 24.5 Å². The number of imidazole rings is 1. The zero-order valence-corrected chi connectivity index (χ0v) is 15.2. The number of para-hydroxylation sites is 1. The topological polar surface area (TPSA) is 76.0 Å². The first kappa shape index (κ1) is 17.5. The Balaban J connectivity index is 1.89. The first-order chi connectivity index (χ1) is 12.1. The zero-order valence-electron chi connectivity index (χ0n) is 14.4. The van der Waals surface area contributed by atoms with Gasteiger partial charge in [0.25, 0.3) is 0 Å². The third-order valence-electron chi connectivity index (χ3n) is 4.23. The van der Waals surface area contributed by atoms with E-state index in [9.17, 15) is 9.59 Å². The predicted octanol–water partition coefficient (Wildman–Crippen LogP) is 2.69. The van der Waals surface area contributed by atoms with Gasteiger partial charge >= 0.3 is 6.03 Å². The highest BCUT2D eigenvalue weighted by atomic mass is 32.2. The Morgan fingerprint density at radius 2 is 1.92 bits per heavy atom. The average molecular weight is 358 g/mol. The fourth-order valence-corrected chi connectivity index (χ4v) is 3.89. The molecule has 6 nitrogen and oxygen atoms in total. The van der Waals surface area contributed by atoms with Crippen molar-refractivity contribution >= 4 is 23.7 Å². The summed E-state index contributed by atoms with van der Waals surface area (Å²) in [6.45, 7) is 1.78. The summed E-state index contributed by atoms with van der Waals surface area (Å²) >= 11 is 1.38. The number of fused-ring (bicyclic) bond motifs is 1. The van der Waals surface area contributed by atoms with E-state index in [0.29, 0.717) is 0 Å². The Bertz CT molecular complexity index is 773. The van der Waals surface area contributed by atoms with Crippen LogP contribution in [-0.4, -0.2) is 33.8 Å². The normalized spacial score (nSPS) is 14.5. The van der Waals surface area contributed by atoms with Crippen molar-refractivity contribution in [3.8, 4) is 5.69 Å². The second-order valence-electron chi connectivity index (χ2n) is 5.99. The average Bonchev–Trinajstić information content (AvgIpc) is 2.99. The molecule has 1 atom stereocenters. The lowest BCUT2D eigenvalue weighted by atomic mass is 10.0. The van der Waals surface area contributed by atoms with E-state index in [-0.39, 0.29) is 5.91 Å². The van der Waals surface area contributed by atoms with Gasteiger partial charge in [-0.25, -0.2) is 9.78 Å². The van der Waals surface area contributed by atoms with Crippen LogP contribution in [0.25, 0.3) is 5.69 Å². The maximum absolute atomic E-state index is 12.2. The molecule has 25 heavy (non-hydrogen) atoms. The van der Waals surface area contributed by atoms with Gasteiger partial charge in [-0.15, -0.1) is 0 Å². The number of imide groups is 1. The van der Waals surface area contributed by atoms with Crippen LogP contribution in [0.2, 0.25) is 0 Å². The molecule has 2 N–H and O–H groups in total. The van der Waals surface area contributed by atoms with E-state index >= 15 is 0 Å². The van der Waals surface area contributed by atoms with Crippen LogP contribution in [-0.2, 0) is 17.6 Å². The van der Waals surface area contributed by atoms with Crippen LogP contribution < -0.4 is 10.6 Å². The highest BCUT2D eigenvalue weighted by Crippen LogP contribution is 2.32.